The molecule has 1 N–H and O–H groups in total. The van der Waals surface area contributed by atoms with Crippen LogP contribution in [0.15, 0.2) is 36.4 Å². The van der Waals surface area contributed by atoms with E-state index in [1.54, 1.807) is 12.1 Å². The lowest BCUT2D eigenvalue weighted by Crippen LogP contribution is -2.28. The number of amides is 1. The first-order chi connectivity index (χ1) is 13.5. The van der Waals surface area contributed by atoms with Gasteiger partial charge in [-0.05, 0) is 18.2 Å². The van der Waals surface area contributed by atoms with Crippen LogP contribution in [0.2, 0.25) is 0 Å². The largest absolute Gasteiger partial charge is 0.496 e. The first-order valence-corrected chi connectivity index (χ1v) is 8.30. The number of hydrogen-bond acceptors (Lipinski definition) is 7. The van der Waals surface area contributed by atoms with Crippen LogP contribution in [0.1, 0.15) is 26.3 Å². The maximum atomic E-state index is 12.0. The Balaban J connectivity index is 1.93. The number of hydrogen-bond donors (Lipinski definition) is 1. The monoisotopic (exact) mass is 387 g/mol. The minimum Gasteiger partial charge on any atom is -0.496 e. The van der Waals surface area contributed by atoms with Crippen molar-refractivity contribution in [3.8, 4) is 17.2 Å². The number of benzene rings is 2. The Morgan fingerprint density at radius 2 is 1.54 bits per heavy atom. The van der Waals surface area contributed by atoms with Gasteiger partial charge in [-0.15, -0.1) is 0 Å². The van der Waals surface area contributed by atoms with Gasteiger partial charge < -0.3 is 24.3 Å². The highest BCUT2D eigenvalue weighted by Gasteiger charge is 2.14. The van der Waals surface area contributed by atoms with Gasteiger partial charge in [0.25, 0.3) is 5.91 Å². The van der Waals surface area contributed by atoms with Crippen LogP contribution in [0.4, 0.5) is 0 Å². The Morgan fingerprint density at radius 1 is 0.929 bits per heavy atom. The second kappa shape index (κ2) is 9.96. The highest BCUT2D eigenvalue weighted by molar-refractivity contribution is 5.92. The Morgan fingerprint density at radius 3 is 2.11 bits per heavy atom. The maximum Gasteiger partial charge on any atom is 0.338 e. The summed E-state index contributed by atoms with van der Waals surface area (Å²) in [4.78, 5) is 34.6. The number of methoxy groups -OCH3 is 3. The quantitative estimate of drug-likeness (QED) is 0.519. The van der Waals surface area contributed by atoms with Crippen LogP contribution < -0.4 is 19.5 Å². The lowest BCUT2D eigenvalue weighted by Gasteiger charge is -2.14. The molecular formula is C20H21NO7. The number of carbonyl (C=O) groups excluding carboxylic acids is 3. The molecule has 0 saturated carbocycles. The third-order valence-corrected chi connectivity index (χ3v) is 3.88. The molecule has 28 heavy (non-hydrogen) atoms. The molecular weight excluding hydrogens is 366 g/mol. The van der Waals surface area contributed by atoms with Crippen molar-refractivity contribution in [3.63, 3.8) is 0 Å². The molecule has 148 valence electrons. The summed E-state index contributed by atoms with van der Waals surface area (Å²) < 4.78 is 20.7. The Labute approximate surface area is 162 Å². The van der Waals surface area contributed by atoms with E-state index in [4.69, 9.17) is 18.9 Å². The summed E-state index contributed by atoms with van der Waals surface area (Å²) in [7, 11) is 4.53. The summed E-state index contributed by atoms with van der Waals surface area (Å²) in [6.07, 6.45) is 0.672. The number of nitrogens with one attached hydrogen (secondary N) is 1. The van der Waals surface area contributed by atoms with Crippen LogP contribution in [-0.4, -0.2) is 46.1 Å². The van der Waals surface area contributed by atoms with Crippen molar-refractivity contribution in [1.29, 1.82) is 0 Å². The molecule has 8 heteroatoms. The van der Waals surface area contributed by atoms with E-state index < -0.39 is 18.5 Å². The standard InChI is InChI=1S/C20H21NO7/c1-25-16-9-18(27-3)17(26-2)8-15(16)10-21-19(23)12-28-20(24)14-6-4-13(11-22)5-7-14/h4-9,11H,10,12H2,1-3H3,(H,21,23). The predicted molar refractivity (Wildman–Crippen MR) is 100 cm³/mol. The molecule has 0 saturated heterocycles. The van der Waals surface area contributed by atoms with Crippen LogP contribution in [0, 0.1) is 0 Å². The number of rotatable bonds is 9. The first kappa shape index (κ1) is 20.8. The molecule has 1 amide bonds. The minimum atomic E-state index is -0.656. The average molecular weight is 387 g/mol. The van der Waals surface area contributed by atoms with E-state index in [2.05, 4.69) is 5.32 Å². The summed E-state index contributed by atoms with van der Waals surface area (Å²) >= 11 is 0. The Hall–Kier alpha value is -3.55. The normalized spacial score (nSPS) is 9.96. The van der Waals surface area contributed by atoms with Crippen molar-refractivity contribution in [2.24, 2.45) is 0 Å². The molecule has 0 bridgehead atoms. The van der Waals surface area contributed by atoms with E-state index in [9.17, 15) is 14.4 Å². The minimum absolute atomic E-state index is 0.147. The molecule has 0 aliphatic carbocycles. The lowest BCUT2D eigenvalue weighted by molar-refractivity contribution is -0.124. The number of ether oxygens (including phenoxy) is 4. The van der Waals surface area contributed by atoms with Crippen LogP contribution >= 0.6 is 0 Å². The van der Waals surface area contributed by atoms with Gasteiger partial charge in [0.2, 0.25) is 0 Å². The second-order valence-corrected chi connectivity index (χ2v) is 5.61. The zero-order chi connectivity index (χ0) is 20.5. The van der Waals surface area contributed by atoms with Gasteiger partial charge >= 0.3 is 5.97 Å². The Bertz CT molecular complexity index is 846. The second-order valence-electron chi connectivity index (χ2n) is 5.61. The average Bonchev–Trinajstić information content (AvgIpc) is 2.75. The van der Waals surface area contributed by atoms with Crippen molar-refractivity contribution in [3.05, 3.63) is 53.1 Å². The van der Waals surface area contributed by atoms with Gasteiger partial charge in [0.05, 0.1) is 26.9 Å². The summed E-state index contributed by atoms with van der Waals surface area (Å²) in [6.45, 7) is -0.294. The number of carbonyl (C=O) groups is 3. The number of aldehydes is 1. The van der Waals surface area contributed by atoms with Gasteiger partial charge in [-0.3, -0.25) is 9.59 Å². The van der Waals surface area contributed by atoms with E-state index >= 15 is 0 Å². The maximum absolute atomic E-state index is 12.0. The molecule has 0 atom stereocenters. The predicted octanol–water partition coefficient (Wildman–Crippen LogP) is 2.00. The van der Waals surface area contributed by atoms with Crippen LogP contribution in [-0.2, 0) is 16.1 Å². The lowest BCUT2D eigenvalue weighted by atomic mass is 10.1. The van der Waals surface area contributed by atoms with Crippen molar-refractivity contribution >= 4 is 18.2 Å². The third-order valence-electron chi connectivity index (χ3n) is 3.88. The molecule has 0 aromatic heterocycles. The summed E-state index contributed by atoms with van der Waals surface area (Å²) in [6, 6.07) is 9.25. The molecule has 0 heterocycles. The van der Waals surface area contributed by atoms with Gasteiger partial charge in [0.15, 0.2) is 18.1 Å². The molecule has 0 unspecified atom stereocenters. The smallest absolute Gasteiger partial charge is 0.338 e. The van der Waals surface area contributed by atoms with E-state index in [1.807, 2.05) is 0 Å². The van der Waals surface area contributed by atoms with Gasteiger partial charge in [-0.2, -0.15) is 0 Å². The van der Waals surface area contributed by atoms with E-state index in [-0.39, 0.29) is 12.1 Å². The summed E-state index contributed by atoms with van der Waals surface area (Å²) in [5.41, 5.74) is 1.36. The zero-order valence-corrected chi connectivity index (χ0v) is 15.8. The topological polar surface area (TPSA) is 100 Å². The van der Waals surface area contributed by atoms with Crippen LogP contribution in [0.5, 0.6) is 17.2 Å². The van der Waals surface area contributed by atoms with Crippen molar-refractivity contribution in [2.45, 2.75) is 6.54 Å². The molecule has 2 rings (SSSR count). The van der Waals surface area contributed by atoms with E-state index in [0.717, 1.165) is 0 Å². The third kappa shape index (κ3) is 5.23. The molecule has 8 nitrogen and oxygen atoms in total. The Kier molecular flexibility index (Phi) is 7.38. The summed E-state index contributed by atoms with van der Waals surface area (Å²) in [5.74, 6) is 0.387. The van der Waals surface area contributed by atoms with Gasteiger partial charge in [-0.1, -0.05) is 12.1 Å². The van der Waals surface area contributed by atoms with E-state index in [0.29, 0.717) is 34.7 Å². The van der Waals surface area contributed by atoms with Crippen LogP contribution in [0.3, 0.4) is 0 Å². The highest BCUT2D eigenvalue weighted by atomic mass is 16.5. The van der Waals surface area contributed by atoms with Gasteiger partial charge in [-0.25, -0.2) is 4.79 Å². The zero-order valence-electron chi connectivity index (χ0n) is 15.8. The van der Waals surface area contributed by atoms with Crippen molar-refractivity contribution in [2.75, 3.05) is 27.9 Å². The van der Waals surface area contributed by atoms with Crippen molar-refractivity contribution < 1.29 is 33.3 Å². The SMILES string of the molecule is COc1cc(OC)c(OC)cc1CNC(=O)COC(=O)c1ccc(C=O)cc1. The first-order valence-electron chi connectivity index (χ1n) is 8.30. The fourth-order valence-electron chi connectivity index (χ4n) is 2.39. The molecule has 0 radical (unpaired) electrons. The van der Waals surface area contributed by atoms with E-state index in [1.165, 1.54) is 45.6 Å². The van der Waals surface area contributed by atoms with Gasteiger partial charge in [0.1, 0.15) is 12.0 Å². The molecule has 2 aromatic rings. The fourth-order valence-corrected chi connectivity index (χ4v) is 2.39. The fraction of sp³-hybridized carbons (Fsp3) is 0.250. The molecule has 0 aliphatic rings. The summed E-state index contributed by atoms with van der Waals surface area (Å²) in [5, 5.41) is 2.65. The number of esters is 1. The highest BCUT2D eigenvalue weighted by Crippen LogP contribution is 2.34. The molecule has 0 spiro atoms. The molecule has 2 aromatic carbocycles. The van der Waals surface area contributed by atoms with Gasteiger partial charge in [0, 0.05) is 23.7 Å². The molecule has 0 aliphatic heterocycles. The van der Waals surface area contributed by atoms with Crippen LogP contribution in [0.25, 0.3) is 0 Å². The van der Waals surface area contributed by atoms with Crippen molar-refractivity contribution in [1.82, 2.24) is 5.32 Å². The molecule has 0 fully saturated rings.